The minimum Gasteiger partial charge on any atom is -0.491 e. The normalized spacial score (nSPS) is 22.9. The molecule has 1 aliphatic rings. The minimum atomic E-state index is -0.0923. The third-order valence-electron chi connectivity index (χ3n) is 4.00. The Bertz CT molecular complexity index is 450. The van der Waals surface area contributed by atoms with Crippen LogP contribution in [0.2, 0.25) is 0 Å². The first-order valence-corrected chi connectivity index (χ1v) is 7.41. The molecule has 0 saturated carbocycles. The van der Waals surface area contributed by atoms with E-state index in [2.05, 4.69) is 24.8 Å². The topological polar surface area (TPSA) is 47.7 Å². The summed E-state index contributed by atoms with van der Waals surface area (Å²) >= 11 is 0. The van der Waals surface area contributed by atoms with Gasteiger partial charge < -0.3 is 20.1 Å². The fourth-order valence-corrected chi connectivity index (χ4v) is 2.72. The molecule has 1 aliphatic heterocycles. The molecular formula is C16H26N2O2. The molecule has 2 rings (SSSR count). The van der Waals surface area contributed by atoms with Crippen LogP contribution in [-0.4, -0.2) is 32.4 Å². The van der Waals surface area contributed by atoms with Crippen molar-refractivity contribution in [2.45, 2.75) is 38.7 Å². The largest absolute Gasteiger partial charge is 0.491 e. The Morgan fingerprint density at radius 1 is 1.40 bits per heavy atom. The van der Waals surface area contributed by atoms with Crippen molar-refractivity contribution in [3.8, 4) is 5.75 Å². The van der Waals surface area contributed by atoms with Gasteiger partial charge in [-0.15, -0.1) is 0 Å². The van der Waals surface area contributed by atoms with Crippen molar-refractivity contribution in [2.75, 3.05) is 37.4 Å². The lowest BCUT2D eigenvalue weighted by atomic mass is 9.94. The number of ether oxygens (including phenoxy) is 2. The summed E-state index contributed by atoms with van der Waals surface area (Å²) in [5.74, 6) is 0.786. The number of methoxy groups -OCH3 is 1. The van der Waals surface area contributed by atoms with Gasteiger partial charge in [-0.3, -0.25) is 0 Å². The standard InChI is InChI=1S/C16H26N2O2/c1-4-11-20-14-8-5-7-13(15(14)17)18-10-6-9-16(2,12-18)19-3/h5,7-8H,4,6,9-12,17H2,1-3H3. The fourth-order valence-electron chi connectivity index (χ4n) is 2.72. The van der Waals surface area contributed by atoms with Gasteiger partial charge in [-0.05, 0) is 38.3 Å². The Labute approximate surface area is 121 Å². The van der Waals surface area contributed by atoms with Crippen LogP contribution in [-0.2, 0) is 4.74 Å². The van der Waals surface area contributed by atoms with Crippen LogP contribution in [0.5, 0.6) is 5.75 Å². The maximum Gasteiger partial charge on any atom is 0.144 e. The second-order valence-electron chi connectivity index (χ2n) is 5.72. The van der Waals surface area contributed by atoms with Gasteiger partial charge in [0.15, 0.2) is 0 Å². The smallest absolute Gasteiger partial charge is 0.144 e. The van der Waals surface area contributed by atoms with E-state index in [4.69, 9.17) is 15.2 Å². The van der Waals surface area contributed by atoms with Gasteiger partial charge in [0, 0.05) is 20.2 Å². The number of benzene rings is 1. The molecule has 112 valence electrons. The van der Waals surface area contributed by atoms with Gasteiger partial charge in [-0.25, -0.2) is 0 Å². The molecule has 4 heteroatoms. The first-order chi connectivity index (χ1) is 9.59. The first-order valence-electron chi connectivity index (χ1n) is 7.41. The van der Waals surface area contributed by atoms with Gasteiger partial charge in [0.05, 0.1) is 23.6 Å². The maximum atomic E-state index is 6.28. The van der Waals surface area contributed by atoms with Crippen molar-refractivity contribution in [2.24, 2.45) is 0 Å². The zero-order chi connectivity index (χ0) is 14.6. The van der Waals surface area contributed by atoms with E-state index in [9.17, 15) is 0 Å². The van der Waals surface area contributed by atoms with Gasteiger partial charge in [0.25, 0.3) is 0 Å². The van der Waals surface area contributed by atoms with Crippen LogP contribution in [0.4, 0.5) is 11.4 Å². The molecular weight excluding hydrogens is 252 g/mol. The molecule has 1 aromatic carbocycles. The van der Waals surface area contributed by atoms with E-state index in [1.54, 1.807) is 7.11 Å². The molecule has 1 heterocycles. The summed E-state index contributed by atoms with van der Waals surface area (Å²) in [6.07, 6.45) is 3.19. The Morgan fingerprint density at radius 3 is 2.90 bits per heavy atom. The summed E-state index contributed by atoms with van der Waals surface area (Å²) in [4.78, 5) is 2.31. The molecule has 2 N–H and O–H groups in total. The van der Waals surface area contributed by atoms with Crippen molar-refractivity contribution in [3.63, 3.8) is 0 Å². The van der Waals surface area contributed by atoms with E-state index < -0.39 is 0 Å². The van der Waals surface area contributed by atoms with Crippen LogP contribution in [0, 0.1) is 0 Å². The lowest BCUT2D eigenvalue weighted by Crippen LogP contribution is -2.47. The van der Waals surface area contributed by atoms with Crippen molar-refractivity contribution >= 4 is 11.4 Å². The van der Waals surface area contributed by atoms with Gasteiger partial charge >= 0.3 is 0 Å². The molecule has 0 aromatic heterocycles. The van der Waals surface area contributed by atoms with E-state index in [0.29, 0.717) is 6.61 Å². The molecule has 0 radical (unpaired) electrons. The Morgan fingerprint density at radius 2 is 2.20 bits per heavy atom. The average Bonchev–Trinajstić information content (AvgIpc) is 2.46. The first kappa shape index (κ1) is 15.0. The summed E-state index contributed by atoms with van der Waals surface area (Å²) in [5, 5.41) is 0. The number of nitrogens with two attached hydrogens (primary N) is 1. The highest BCUT2D eigenvalue weighted by Crippen LogP contribution is 2.36. The van der Waals surface area contributed by atoms with Crippen LogP contribution in [0.1, 0.15) is 33.1 Å². The number of nitrogen functional groups attached to an aromatic ring is 1. The van der Waals surface area contributed by atoms with Crippen molar-refractivity contribution in [3.05, 3.63) is 18.2 Å². The molecule has 1 saturated heterocycles. The van der Waals surface area contributed by atoms with Crippen LogP contribution < -0.4 is 15.4 Å². The van der Waals surface area contributed by atoms with Crippen LogP contribution in [0.15, 0.2) is 18.2 Å². The number of piperidine rings is 1. The SMILES string of the molecule is CCCOc1cccc(N2CCCC(C)(OC)C2)c1N. The monoisotopic (exact) mass is 278 g/mol. The van der Waals surface area contributed by atoms with Crippen LogP contribution in [0.3, 0.4) is 0 Å². The van der Waals surface area contributed by atoms with Crippen molar-refractivity contribution in [1.82, 2.24) is 0 Å². The highest BCUT2D eigenvalue weighted by atomic mass is 16.5. The average molecular weight is 278 g/mol. The predicted molar refractivity (Wildman–Crippen MR) is 83.5 cm³/mol. The number of nitrogens with zero attached hydrogens (tertiary/aromatic N) is 1. The Hall–Kier alpha value is -1.42. The molecule has 0 amide bonds. The summed E-state index contributed by atoms with van der Waals surface area (Å²) < 4.78 is 11.4. The van der Waals surface area contributed by atoms with Gasteiger partial charge in [0.2, 0.25) is 0 Å². The predicted octanol–water partition coefficient (Wildman–Crippen LogP) is 3.06. The molecule has 1 fully saturated rings. The minimum absolute atomic E-state index is 0.0923. The Kier molecular flexibility index (Phi) is 4.76. The summed E-state index contributed by atoms with van der Waals surface area (Å²) in [7, 11) is 1.79. The second kappa shape index (κ2) is 6.35. The number of rotatable bonds is 5. The highest BCUT2D eigenvalue weighted by Gasteiger charge is 2.31. The quantitative estimate of drug-likeness (QED) is 0.841. The van der Waals surface area contributed by atoms with E-state index in [1.807, 2.05) is 12.1 Å². The second-order valence-corrected chi connectivity index (χ2v) is 5.72. The van der Waals surface area contributed by atoms with E-state index in [0.717, 1.165) is 49.5 Å². The van der Waals surface area contributed by atoms with Crippen LogP contribution >= 0.6 is 0 Å². The molecule has 0 aliphatic carbocycles. The fraction of sp³-hybridized carbons (Fsp3) is 0.625. The van der Waals surface area contributed by atoms with E-state index in [1.165, 1.54) is 0 Å². The number of anilines is 2. The zero-order valence-electron chi connectivity index (χ0n) is 12.8. The van der Waals surface area contributed by atoms with E-state index >= 15 is 0 Å². The molecule has 1 atom stereocenters. The van der Waals surface area contributed by atoms with Crippen LogP contribution in [0.25, 0.3) is 0 Å². The third-order valence-corrected chi connectivity index (χ3v) is 4.00. The Balaban J connectivity index is 2.19. The number of hydrogen-bond acceptors (Lipinski definition) is 4. The molecule has 1 aromatic rings. The summed E-state index contributed by atoms with van der Waals surface area (Å²) in [6, 6.07) is 6.01. The third kappa shape index (κ3) is 3.18. The lowest BCUT2D eigenvalue weighted by Gasteiger charge is -2.41. The lowest BCUT2D eigenvalue weighted by molar-refractivity contribution is -0.00463. The number of para-hydroxylation sites is 1. The molecule has 0 spiro atoms. The molecule has 1 unspecified atom stereocenters. The molecule has 4 nitrogen and oxygen atoms in total. The van der Waals surface area contributed by atoms with E-state index in [-0.39, 0.29) is 5.60 Å². The highest BCUT2D eigenvalue weighted by molar-refractivity contribution is 5.74. The van der Waals surface area contributed by atoms with Gasteiger partial charge in [0.1, 0.15) is 5.75 Å². The van der Waals surface area contributed by atoms with Gasteiger partial charge in [-0.2, -0.15) is 0 Å². The number of hydrogen-bond donors (Lipinski definition) is 1. The maximum absolute atomic E-state index is 6.28. The van der Waals surface area contributed by atoms with Crippen molar-refractivity contribution in [1.29, 1.82) is 0 Å². The van der Waals surface area contributed by atoms with Crippen molar-refractivity contribution < 1.29 is 9.47 Å². The molecule has 0 bridgehead atoms. The molecule has 20 heavy (non-hydrogen) atoms. The summed E-state index contributed by atoms with van der Waals surface area (Å²) in [6.45, 7) is 6.83. The zero-order valence-corrected chi connectivity index (χ0v) is 12.8. The summed E-state index contributed by atoms with van der Waals surface area (Å²) in [5.41, 5.74) is 7.98. The van der Waals surface area contributed by atoms with Gasteiger partial charge in [-0.1, -0.05) is 13.0 Å².